The summed E-state index contributed by atoms with van der Waals surface area (Å²) in [4.78, 5) is 26.7. The molecule has 0 unspecified atom stereocenters. The predicted molar refractivity (Wildman–Crippen MR) is 62.5 cm³/mol. The summed E-state index contributed by atoms with van der Waals surface area (Å²) in [5.74, 6) is -0.851. The molecule has 0 aromatic rings. The minimum absolute atomic E-state index is 0.0413. The SMILES string of the molecule is CCN1C(=O)C(C#N)=C(C)/C(=C/N(C)C)C1=O. The van der Waals surface area contributed by atoms with E-state index in [0.29, 0.717) is 11.1 Å². The van der Waals surface area contributed by atoms with Gasteiger partial charge < -0.3 is 4.90 Å². The van der Waals surface area contributed by atoms with Crippen LogP contribution in [0, 0.1) is 11.3 Å². The van der Waals surface area contributed by atoms with Gasteiger partial charge in [-0.2, -0.15) is 5.26 Å². The lowest BCUT2D eigenvalue weighted by Gasteiger charge is -2.26. The van der Waals surface area contributed by atoms with Gasteiger partial charge in [-0.25, -0.2) is 0 Å². The number of carbonyl (C=O) groups excluding carboxylic acids is 2. The summed E-state index contributed by atoms with van der Waals surface area (Å²) in [6.45, 7) is 3.59. The Balaban J connectivity index is 3.42. The van der Waals surface area contributed by atoms with Crippen LogP contribution in [0.1, 0.15) is 13.8 Å². The maximum Gasteiger partial charge on any atom is 0.271 e. The molecule has 0 aliphatic carbocycles. The highest BCUT2D eigenvalue weighted by atomic mass is 16.2. The maximum atomic E-state index is 12.0. The van der Waals surface area contributed by atoms with Crippen molar-refractivity contribution >= 4 is 11.8 Å². The van der Waals surface area contributed by atoms with E-state index >= 15 is 0 Å². The molecule has 1 aliphatic heterocycles. The predicted octanol–water partition coefficient (Wildman–Crippen LogP) is 0.661. The number of nitrogens with zero attached hydrogens (tertiary/aromatic N) is 3. The number of imide groups is 1. The molecule has 0 spiro atoms. The van der Waals surface area contributed by atoms with Crippen molar-refractivity contribution in [3.63, 3.8) is 0 Å². The largest absolute Gasteiger partial charge is 0.383 e. The van der Waals surface area contributed by atoms with Gasteiger partial charge in [0.05, 0.1) is 5.57 Å². The quantitative estimate of drug-likeness (QED) is 0.519. The molecule has 1 rings (SSSR count). The van der Waals surface area contributed by atoms with E-state index < -0.39 is 5.91 Å². The smallest absolute Gasteiger partial charge is 0.271 e. The summed E-state index contributed by atoms with van der Waals surface area (Å²) in [7, 11) is 3.57. The van der Waals surface area contributed by atoms with Crippen LogP contribution in [-0.2, 0) is 9.59 Å². The molecule has 5 nitrogen and oxygen atoms in total. The second-order valence-electron chi connectivity index (χ2n) is 3.97. The lowest BCUT2D eigenvalue weighted by Crippen LogP contribution is -2.42. The third-order valence-electron chi connectivity index (χ3n) is 2.53. The topological polar surface area (TPSA) is 64.4 Å². The lowest BCUT2D eigenvalue weighted by atomic mass is 9.96. The zero-order valence-electron chi connectivity index (χ0n) is 10.4. The van der Waals surface area contributed by atoms with Crippen molar-refractivity contribution in [2.24, 2.45) is 0 Å². The van der Waals surface area contributed by atoms with E-state index in [4.69, 9.17) is 5.26 Å². The number of likely N-dealkylation sites (N-methyl/N-ethyl adjacent to an activating group) is 1. The molecule has 2 amide bonds. The van der Waals surface area contributed by atoms with Crippen LogP contribution in [0.4, 0.5) is 0 Å². The number of rotatable bonds is 2. The molecule has 0 saturated carbocycles. The molecular formula is C12H15N3O2. The Morgan fingerprint density at radius 3 is 2.35 bits per heavy atom. The molecule has 1 aliphatic rings. The zero-order chi connectivity index (χ0) is 13.2. The minimum Gasteiger partial charge on any atom is -0.383 e. The first-order valence-electron chi connectivity index (χ1n) is 5.29. The highest BCUT2D eigenvalue weighted by Gasteiger charge is 2.34. The first-order chi connectivity index (χ1) is 7.93. The van der Waals surface area contributed by atoms with Crippen molar-refractivity contribution in [1.29, 1.82) is 5.26 Å². The Hall–Kier alpha value is -2.09. The minimum atomic E-state index is -0.506. The van der Waals surface area contributed by atoms with E-state index in [1.807, 2.05) is 6.07 Å². The Morgan fingerprint density at radius 1 is 1.35 bits per heavy atom. The number of hydrogen-bond acceptors (Lipinski definition) is 4. The Morgan fingerprint density at radius 2 is 1.94 bits per heavy atom. The summed E-state index contributed by atoms with van der Waals surface area (Å²) >= 11 is 0. The van der Waals surface area contributed by atoms with E-state index in [9.17, 15) is 9.59 Å². The molecule has 5 heteroatoms. The third-order valence-corrected chi connectivity index (χ3v) is 2.53. The Labute approximate surface area is 101 Å². The van der Waals surface area contributed by atoms with Crippen LogP contribution in [0.15, 0.2) is 22.9 Å². The fourth-order valence-electron chi connectivity index (χ4n) is 1.66. The molecule has 0 aromatic carbocycles. The van der Waals surface area contributed by atoms with Gasteiger partial charge >= 0.3 is 0 Å². The van der Waals surface area contributed by atoms with E-state index in [0.717, 1.165) is 4.90 Å². The number of carbonyl (C=O) groups is 2. The Kier molecular flexibility index (Phi) is 3.69. The fraction of sp³-hybridized carbons (Fsp3) is 0.417. The van der Waals surface area contributed by atoms with Gasteiger partial charge in [-0.05, 0) is 19.4 Å². The lowest BCUT2D eigenvalue weighted by molar-refractivity contribution is -0.140. The van der Waals surface area contributed by atoms with Crippen LogP contribution in [-0.4, -0.2) is 42.3 Å². The fourth-order valence-corrected chi connectivity index (χ4v) is 1.66. The summed E-state index contributed by atoms with van der Waals surface area (Å²) in [5, 5.41) is 8.98. The zero-order valence-corrected chi connectivity index (χ0v) is 10.4. The van der Waals surface area contributed by atoms with Crippen molar-refractivity contribution in [1.82, 2.24) is 9.80 Å². The molecule has 0 saturated heterocycles. The molecule has 0 radical (unpaired) electrons. The number of hydrogen-bond donors (Lipinski definition) is 0. The summed E-state index contributed by atoms with van der Waals surface area (Å²) in [5.41, 5.74) is 0.883. The van der Waals surface area contributed by atoms with Gasteiger partial charge in [0.15, 0.2) is 0 Å². The summed E-state index contributed by atoms with van der Waals surface area (Å²) in [6.07, 6.45) is 1.63. The Bertz CT molecular complexity index is 467. The highest BCUT2D eigenvalue weighted by Crippen LogP contribution is 2.24. The van der Waals surface area contributed by atoms with Gasteiger partial charge in [-0.1, -0.05) is 0 Å². The van der Waals surface area contributed by atoms with Crippen LogP contribution >= 0.6 is 0 Å². The average Bonchev–Trinajstić information content (AvgIpc) is 2.25. The van der Waals surface area contributed by atoms with Crippen molar-refractivity contribution in [2.45, 2.75) is 13.8 Å². The molecule has 17 heavy (non-hydrogen) atoms. The molecule has 0 atom stereocenters. The first kappa shape index (κ1) is 13.0. The molecule has 0 N–H and O–H groups in total. The normalized spacial score (nSPS) is 18.8. The third kappa shape index (κ3) is 2.21. The first-order valence-corrected chi connectivity index (χ1v) is 5.29. The molecule has 0 bridgehead atoms. The van der Waals surface area contributed by atoms with Gasteiger partial charge in [0, 0.05) is 26.8 Å². The van der Waals surface area contributed by atoms with Gasteiger partial charge in [-0.3, -0.25) is 14.5 Å². The van der Waals surface area contributed by atoms with E-state index in [-0.39, 0.29) is 18.0 Å². The van der Waals surface area contributed by atoms with E-state index in [2.05, 4.69) is 0 Å². The molecule has 0 fully saturated rings. The van der Waals surface area contributed by atoms with Gasteiger partial charge in [0.1, 0.15) is 11.6 Å². The average molecular weight is 233 g/mol. The van der Waals surface area contributed by atoms with Crippen molar-refractivity contribution < 1.29 is 9.59 Å². The molecule has 90 valence electrons. The van der Waals surface area contributed by atoms with Crippen LogP contribution in [0.5, 0.6) is 0 Å². The van der Waals surface area contributed by atoms with Gasteiger partial charge in [0.2, 0.25) is 0 Å². The number of nitriles is 1. The van der Waals surface area contributed by atoms with Crippen LogP contribution < -0.4 is 0 Å². The molecular weight excluding hydrogens is 218 g/mol. The monoisotopic (exact) mass is 233 g/mol. The summed E-state index contributed by atoms with van der Waals surface area (Å²) < 4.78 is 0. The second kappa shape index (κ2) is 4.83. The standard InChI is InChI=1S/C12H15N3O2/c1-5-15-11(16)9(6-13)8(2)10(12(15)17)7-14(3)4/h7H,5H2,1-4H3/b10-7-. The van der Waals surface area contributed by atoms with Crippen LogP contribution in [0.2, 0.25) is 0 Å². The van der Waals surface area contributed by atoms with Crippen molar-refractivity contribution in [3.8, 4) is 6.07 Å². The molecule has 1 heterocycles. The van der Waals surface area contributed by atoms with E-state index in [1.165, 1.54) is 0 Å². The van der Waals surface area contributed by atoms with Crippen molar-refractivity contribution in [3.05, 3.63) is 22.9 Å². The van der Waals surface area contributed by atoms with E-state index in [1.54, 1.807) is 39.0 Å². The van der Waals surface area contributed by atoms with Gasteiger partial charge in [0.25, 0.3) is 11.8 Å². The molecule has 0 aromatic heterocycles. The highest BCUT2D eigenvalue weighted by molar-refractivity contribution is 6.17. The maximum absolute atomic E-state index is 12.0. The second-order valence-corrected chi connectivity index (χ2v) is 3.97. The van der Waals surface area contributed by atoms with Gasteiger partial charge in [-0.15, -0.1) is 0 Å². The van der Waals surface area contributed by atoms with Crippen molar-refractivity contribution in [2.75, 3.05) is 20.6 Å². The van der Waals surface area contributed by atoms with Crippen LogP contribution in [0.3, 0.4) is 0 Å². The summed E-state index contributed by atoms with van der Waals surface area (Å²) in [6, 6.07) is 1.87. The van der Waals surface area contributed by atoms with Crippen LogP contribution in [0.25, 0.3) is 0 Å². The number of amides is 2.